The van der Waals surface area contributed by atoms with Crippen molar-refractivity contribution in [2.45, 2.75) is 52.1 Å². The van der Waals surface area contributed by atoms with Crippen LogP contribution in [-0.2, 0) is 6.42 Å². The van der Waals surface area contributed by atoms with Gasteiger partial charge in [0.25, 0.3) is 0 Å². The smallest absolute Gasteiger partial charge is 0.0223 e. The molecule has 0 saturated carbocycles. The van der Waals surface area contributed by atoms with E-state index in [0.29, 0.717) is 6.04 Å². The fourth-order valence-electron chi connectivity index (χ4n) is 2.96. The molecule has 1 aliphatic rings. The molecule has 108 valence electrons. The molecule has 2 heterocycles. The first kappa shape index (κ1) is 15.0. The van der Waals surface area contributed by atoms with Gasteiger partial charge in [0.05, 0.1) is 0 Å². The fourth-order valence-corrected chi connectivity index (χ4v) is 3.66. The quantitative estimate of drug-likeness (QED) is 0.859. The standard InChI is InChI=1S/C16H28N2S/c1-4-15-11-18(7-5-14-6-8-19-12-14)16(10-17-15)9-13(2)3/h6,8,12-13,15-17H,4-5,7,9-11H2,1-3H3. The number of thiophene rings is 1. The normalized spacial score (nSPS) is 25.1. The first-order valence-electron chi connectivity index (χ1n) is 7.67. The van der Waals surface area contributed by atoms with Crippen LogP contribution in [0.1, 0.15) is 39.2 Å². The number of hydrogen-bond donors (Lipinski definition) is 1. The summed E-state index contributed by atoms with van der Waals surface area (Å²) < 4.78 is 0. The van der Waals surface area contributed by atoms with Gasteiger partial charge in [-0.3, -0.25) is 4.90 Å². The van der Waals surface area contributed by atoms with Gasteiger partial charge in [0, 0.05) is 31.7 Å². The first-order chi connectivity index (χ1) is 9.19. The Kier molecular flexibility index (Phi) is 5.86. The average Bonchev–Trinajstić information content (AvgIpc) is 2.90. The van der Waals surface area contributed by atoms with Crippen molar-refractivity contribution >= 4 is 11.3 Å². The second-order valence-corrected chi connectivity index (χ2v) is 6.95. The number of piperazine rings is 1. The minimum atomic E-state index is 0.686. The molecule has 0 spiro atoms. The van der Waals surface area contributed by atoms with Crippen LogP contribution in [0.25, 0.3) is 0 Å². The summed E-state index contributed by atoms with van der Waals surface area (Å²) in [5.41, 5.74) is 1.50. The Balaban J connectivity index is 1.90. The summed E-state index contributed by atoms with van der Waals surface area (Å²) >= 11 is 1.81. The third-order valence-corrected chi connectivity index (χ3v) is 4.85. The van der Waals surface area contributed by atoms with Crippen LogP contribution in [0.5, 0.6) is 0 Å². The van der Waals surface area contributed by atoms with Crippen molar-refractivity contribution in [2.24, 2.45) is 5.92 Å². The van der Waals surface area contributed by atoms with Crippen molar-refractivity contribution in [1.29, 1.82) is 0 Å². The van der Waals surface area contributed by atoms with Crippen LogP contribution >= 0.6 is 11.3 Å². The van der Waals surface area contributed by atoms with Crippen molar-refractivity contribution in [3.8, 4) is 0 Å². The highest BCUT2D eigenvalue weighted by Crippen LogP contribution is 2.17. The van der Waals surface area contributed by atoms with Crippen LogP contribution in [0.2, 0.25) is 0 Å². The molecule has 2 atom stereocenters. The molecule has 2 nitrogen and oxygen atoms in total. The minimum Gasteiger partial charge on any atom is -0.311 e. The zero-order chi connectivity index (χ0) is 13.7. The predicted octanol–water partition coefficient (Wildman–Crippen LogP) is 3.39. The Hall–Kier alpha value is -0.380. The average molecular weight is 280 g/mol. The third kappa shape index (κ3) is 4.59. The van der Waals surface area contributed by atoms with Crippen LogP contribution in [0.15, 0.2) is 16.8 Å². The predicted molar refractivity (Wildman–Crippen MR) is 84.9 cm³/mol. The van der Waals surface area contributed by atoms with Gasteiger partial charge in [0.2, 0.25) is 0 Å². The highest BCUT2D eigenvalue weighted by Gasteiger charge is 2.26. The summed E-state index contributed by atoms with van der Waals surface area (Å²) in [6.45, 7) is 10.6. The van der Waals surface area contributed by atoms with Crippen molar-refractivity contribution in [3.05, 3.63) is 22.4 Å². The molecule has 0 radical (unpaired) electrons. The Morgan fingerprint density at radius 2 is 2.32 bits per heavy atom. The molecule has 1 fully saturated rings. The van der Waals surface area contributed by atoms with E-state index in [4.69, 9.17) is 0 Å². The van der Waals surface area contributed by atoms with E-state index in [1.54, 1.807) is 0 Å². The van der Waals surface area contributed by atoms with Gasteiger partial charge < -0.3 is 5.32 Å². The van der Waals surface area contributed by atoms with Gasteiger partial charge in [-0.1, -0.05) is 20.8 Å². The van der Waals surface area contributed by atoms with Crippen LogP contribution in [0.3, 0.4) is 0 Å². The molecule has 3 heteroatoms. The van der Waals surface area contributed by atoms with Crippen molar-refractivity contribution in [2.75, 3.05) is 19.6 Å². The lowest BCUT2D eigenvalue weighted by Gasteiger charge is -2.41. The summed E-state index contributed by atoms with van der Waals surface area (Å²) in [6.07, 6.45) is 3.75. The van der Waals surface area contributed by atoms with Crippen LogP contribution < -0.4 is 5.32 Å². The van der Waals surface area contributed by atoms with Crippen molar-refractivity contribution in [3.63, 3.8) is 0 Å². The lowest BCUT2D eigenvalue weighted by atomic mass is 9.98. The zero-order valence-electron chi connectivity index (χ0n) is 12.6. The molecule has 2 unspecified atom stereocenters. The van der Waals surface area contributed by atoms with Gasteiger partial charge in [-0.15, -0.1) is 0 Å². The lowest BCUT2D eigenvalue weighted by molar-refractivity contribution is 0.114. The van der Waals surface area contributed by atoms with Gasteiger partial charge in [-0.2, -0.15) is 11.3 Å². The van der Waals surface area contributed by atoms with Crippen LogP contribution in [0, 0.1) is 5.92 Å². The van der Waals surface area contributed by atoms with Crippen LogP contribution in [-0.4, -0.2) is 36.6 Å². The molecule has 0 amide bonds. The maximum atomic E-state index is 3.71. The molecule has 1 aromatic heterocycles. The Bertz CT molecular complexity index is 348. The molecule has 19 heavy (non-hydrogen) atoms. The van der Waals surface area contributed by atoms with Gasteiger partial charge in [-0.05, 0) is 47.6 Å². The molecule has 1 aliphatic heterocycles. The Morgan fingerprint density at radius 1 is 1.47 bits per heavy atom. The molecule has 1 aromatic rings. The second-order valence-electron chi connectivity index (χ2n) is 6.17. The largest absolute Gasteiger partial charge is 0.311 e. The summed E-state index contributed by atoms with van der Waals surface area (Å²) in [7, 11) is 0. The van der Waals surface area contributed by atoms with Crippen molar-refractivity contribution < 1.29 is 0 Å². The maximum absolute atomic E-state index is 3.71. The van der Waals surface area contributed by atoms with E-state index in [-0.39, 0.29) is 0 Å². The number of rotatable bonds is 6. The molecular formula is C16H28N2S. The first-order valence-corrected chi connectivity index (χ1v) is 8.61. The van der Waals surface area contributed by atoms with E-state index < -0.39 is 0 Å². The summed E-state index contributed by atoms with van der Waals surface area (Å²) in [5, 5.41) is 8.18. The molecule has 1 N–H and O–H groups in total. The molecule has 2 rings (SSSR count). The van der Waals surface area contributed by atoms with E-state index in [1.165, 1.54) is 44.5 Å². The number of nitrogens with one attached hydrogen (secondary N) is 1. The van der Waals surface area contributed by atoms with E-state index in [1.807, 2.05) is 11.3 Å². The van der Waals surface area contributed by atoms with Crippen molar-refractivity contribution in [1.82, 2.24) is 10.2 Å². The Labute approximate surface area is 122 Å². The van der Waals surface area contributed by atoms with E-state index >= 15 is 0 Å². The van der Waals surface area contributed by atoms with E-state index in [0.717, 1.165) is 12.0 Å². The Morgan fingerprint density at radius 3 is 2.95 bits per heavy atom. The molecule has 0 bridgehead atoms. The number of hydrogen-bond acceptors (Lipinski definition) is 3. The van der Waals surface area contributed by atoms with Crippen LogP contribution in [0.4, 0.5) is 0 Å². The summed E-state index contributed by atoms with van der Waals surface area (Å²) in [4.78, 5) is 2.72. The molecular weight excluding hydrogens is 252 g/mol. The molecule has 1 saturated heterocycles. The van der Waals surface area contributed by atoms with Gasteiger partial charge >= 0.3 is 0 Å². The molecule has 0 aliphatic carbocycles. The highest BCUT2D eigenvalue weighted by atomic mass is 32.1. The van der Waals surface area contributed by atoms with Gasteiger partial charge in [0.15, 0.2) is 0 Å². The monoisotopic (exact) mass is 280 g/mol. The SMILES string of the molecule is CCC1CN(CCc2ccsc2)C(CC(C)C)CN1. The summed E-state index contributed by atoms with van der Waals surface area (Å²) in [6, 6.07) is 3.68. The maximum Gasteiger partial charge on any atom is 0.0223 e. The summed E-state index contributed by atoms with van der Waals surface area (Å²) in [5.74, 6) is 0.786. The fraction of sp³-hybridized carbons (Fsp3) is 0.750. The topological polar surface area (TPSA) is 15.3 Å². The van der Waals surface area contributed by atoms with E-state index in [9.17, 15) is 0 Å². The molecule has 0 aromatic carbocycles. The van der Waals surface area contributed by atoms with E-state index in [2.05, 4.69) is 47.8 Å². The second kappa shape index (κ2) is 7.41. The third-order valence-electron chi connectivity index (χ3n) is 4.12. The zero-order valence-corrected chi connectivity index (χ0v) is 13.4. The van der Waals surface area contributed by atoms with Gasteiger partial charge in [0.1, 0.15) is 0 Å². The number of nitrogens with zero attached hydrogens (tertiary/aromatic N) is 1. The lowest BCUT2D eigenvalue weighted by Crippen LogP contribution is -2.56. The minimum absolute atomic E-state index is 0.686. The van der Waals surface area contributed by atoms with Gasteiger partial charge in [-0.25, -0.2) is 0 Å². The highest BCUT2D eigenvalue weighted by molar-refractivity contribution is 7.07.